The predicted octanol–water partition coefficient (Wildman–Crippen LogP) is 4.68. The summed E-state index contributed by atoms with van der Waals surface area (Å²) >= 11 is 5.80. The Labute approximate surface area is 141 Å². The number of nitrogens with zero attached hydrogens (tertiary/aromatic N) is 1. The Hall–Kier alpha value is -1.94. The first kappa shape index (κ1) is 15.9. The van der Waals surface area contributed by atoms with Gasteiger partial charge in [-0.05, 0) is 49.4 Å². The maximum absolute atomic E-state index is 6.11. The van der Waals surface area contributed by atoms with Gasteiger partial charge in [-0.2, -0.15) is 0 Å². The van der Waals surface area contributed by atoms with Crippen molar-refractivity contribution in [2.45, 2.75) is 38.3 Å². The second-order valence-corrected chi connectivity index (χ2v) is 6.12. The molecule has 122 valence electrons. The Balaban J connectivity index is 1.67. The molecule has 0 amide bonds. The van der Waals surface area contributed by atoms with Crippen LogP contribution in [0.5, 0.6) is 11.5 Å². The average Bonchev–Trinajstić information content (AvgIpc) is 3.07. The highest BCUT2D eigenvalue weighted by Crippen LogP contribution is 2.34. The van der Waals surface area contributed by atoms with Crippen molar-refractivity contribution in [1.29, 1.82) is 0 Å². The molecule has 2 aromatic rings. The number of halogens is 1. The molecule has 1 aromatic heterocycles. The van der Waals surface area contributed by atoms with E-state index in [4.69, 9.17) is 21.1 Å². The van der Waals surface area contributed by atoms with Crippen molar-refractivity contribution in [2.75, 3.05) is 12.4 Å². The van der Waals surface area contributed by atoms with E-state index in [1.54, 1.807) is 19.4 Å². The number of hydrogen-bond donors (Lipinski definition) is 1. The van der Waals surface area contributed by atoms with Crippen molar-refractivity contribution in [3.05, 3.63) is 47.2 Å². The van der Waals surface area contributed by atoms with E-state index in [0.717, 1.165) is 35.6 Å². The molecule has 0 spiro atoms. The summed E-state index contributed by atoms with van der Waals surface area (Å²) < 4.78 is 11.5. The molecule has 4 nitrogen and oxygen atoms in total. The first-order chi connectivity index (χ1) is 11.2. The normalized spacial score (nSPS) is 14.7. The number of aromatic nitrogens is 1. The van der Waals surface area contributed by atoms with E-state index in [1.165, 1.54) is 12.8 Å². The van der Waals surface area contributed by atoms with E-state index in [9.17, 15) is 0 Å². The lowest BCUT2D eigenvalue weighted by molar-refractivity contribution is 0.201. The molecular formula is C18H21ClN2O2. The molecular weight excluding hydrogens is 312 g/mol. The van der Waals surface area contributed by atoms with E-state index >= 15 is 0 Å². The maximum atomic E-state index is 6.11. The van der Waals surface area contributed by atoms with Crippen molar-refractivity contribution in [3.8, 4) is 11.5 Å². The number of anilines is 1. The fourth-order valence-electron chi connectivity index (χ4n) is 2.78. The zero-order valence-corrected chi connectivity index (χ0v) is 14.0. The lowest BCUT2D eigenvalue weighted by atomic mass is 10.2. The topological polar surface area (TPSA) is 43.4 Å². The van der Waals surface area contributed by atoms with Gasteiger partial charge in [0, 0.05) is 24.5 Å². The number of nitrogens with one attached hydrogen (secondary N) is 1. The zero-order chi connectivity index (χ0) is 16.1. The molecule has 1 heterocycles. The third kappa shape index (κ3) is 4.29. The highest BCUT2D eigenvalue weighted by atomic mass is 35.5. The first-order valence-corrected chi connectivity index (χ1v) is 8.31. The van der Waals surface area contributed by atoms with Gasteiger partial charge in [-0.15, -0.1) is 0 Å². The molecule has 23 heavy (non-hydrogen) atoms. The van der Waals surface area contributed by atoms with E-state index in [-0.39, 0.29) is 0 Å². The second-order valence-electron chi connectivity index (χ2n) is 5.73. The number of ether oxygens (including phenoxy) is 2. The molecule has 5 heteroatoms. The summed E-state index contributed by atoms with van der Waals surface area (Å²) in [6.45, 7) is 0.680. The van der Waals surface area contributed by atoms with Crippen LogP contribution in [0.2, 0.25) is 5.15 Å². The van der Waals surface area contributed by atoms with Crippen LogP contribution in [-0.2, 0) is 6.54 Å². The number of hydrogen-bond acceptors (Lipinski definition) is 4. The summed E-state index contributed by atoms with van der Waals surface area (Å²) in [7, 11) is 1.67. The van der Waals surface area contributed by atoms with Crippen molar-refractivity contribution in [1.82, 2.24) is 4.98 Å². The molecule has 1 aliphatic rings. The van der Waals surface area contributed by atoms with Crippen LogP contribution in [0.25, 0.3) is 0 Å². The molecule has 0 bridgehead atoms. The van der Waals surface area contributed by atoms with Gasteiger partial charge in [0.2, 0.25) is 0 Å². The number of methoxy groups -OCH3 is 1. The summed E-state index contributed by atoms with van der Waals surface area (Å²) in [5.41, 5.74) is 2.07. The summed E-state index contributed by atoms with van der Waals surface area (Å²) in [5, 5.41) is 3.88. The minimum absolute atomic E-state index is 0.305. The van der Waals surface area contributed by atoms with Gasteiger partial charge in [-0.3, -0.25) is 0 Å². The molecule has 1 aromatic carbocycles. The summed E-state index contributed by atoms with van der Waals surface area (Å²) in [5.74, 6) is 1.58. The summed E-state index contributed by atoms with van der Waals surface area (Å²) in [6, 6.07) is 9.68. The molecule has 0 saturated heterocycles. The fraction of sp³-hybridized carbons (Fsp3) is 0.389. The van der Waals surface area contributed by atoms with Gasteiger partial charge in [0.15, 0.2) is 11.5 Å². The van der Waals surface area contributed by atoms with Gasteiger partial charge < -0.3 is 14.8 Å². The third-order valence-electron chi connectivity index (χ3n) is 4.04. The van der Waals surface area contributed by atoms with Crippen molar-refractivity contribution in [3.63, 3.8) is 0 Å². The molecule has 0 radical (unpaired) electrons. The van der Waals surface area contributed by atoms with Gasteiger partial charge in [0.1, 0.15) is 5.15 Å². The third-order valence-corrected chi connectivity index (χ3v) is 4.27. The average molecular weight is 333 g/mol. The predicted molar refractivity (Wildman–Crippen MR) is 92.5 cm³/mol. The van der Waals surface area contributed by atoms with Crippen molar-refractivity contribution < 1.29 is 9.47 Å². The molecule has 0 aliphatic heterocycles. The largest absolute Gasteiger partial charge is 0.493 e. The highest BCUT2D eigenvalue weighted by molar-refractivity contribution is 6.29. The quantitative estimate of drug-likeness (QED) is 0.780. The number of rotatable bonds is 6. The maximum Gasteiger partial charge on any atom is 0.163 e. The molecule has 1 fully saturated rings. The monoisotopic (exact) mass is 332 g/mol. The van der Waals surface area contributed by atoms with Crippen molar-refractivity contribution in [2.24, 2.45) is 0 Å². The Morgan fingerprint density at radius 3 is 2.70 bits per heavy atom. The van der Waals surface area contributed by atoms with E-state index < -0.39 is 0 Å². The smallest absolute Gasteiger partial charge is 0.163 e. The van der Waals surface area contributed by atoms with Crippen LogP contribution < -0.4 is 14.8 Å². The Bertz CT molecular complexity index is 640. The lowest BCUT2D eigenvalue weighted by Crippen LogP contribution is -2.12. The molecule has 1 aliphatic carbocycles. The van der Waals surface area contributed by atoms with Gasteiger partial charge in [0.25, 0.3) is 0 Å². The van der Waals surface area contributed by atoms with E-state index in [0.29, 0.717) is 17.8 Å². The van der Waals surface area contributed by atoms with Crippen molar-refractivity contribution >= 4 is 17.3 Å². The van der Waals surface area contributed by atoms with Crippen LogP contribution in [0, 0.1) is 0 Å². The van der Waals surface area contributed by atoms with Gasteiger partial charge in [0.05, 0.1) is 13.2 Å². The first-order valence-electron chi connectivity index (χ1n) is 7.93. The molecule has 3 rings (SSSR count). The van der Waals surface area contributed by atoms with Crippen LogP contribution >= 0.6 is 11.6 Å². The Morgan fingerprint density at radius 1 is 1.17 bits per heavy atom. The standard InChI is InChI=1S/C18H21ClN2O2/c1-22-16-8-7-14(10-17(16)23-15-4-2-3-5-15)20-11-13-6-9-18(19)21-12-13/h6-10,12,15,20H,2-5,11H2,1H3. The molecule has 0 unspecified atom stereocenters. The molecule has 0 atom stereocenters. The molecule has 1 N–H and O–H groups in total. The van der Waals surface area contributed by atoms with Crippen LogP contribution in [0.1, 0.15) is 31.2 Å². The van der Waals surface area contributed by atoms with E-state index in [1.807, 2.05) is 24.3 Å². The minimum Gasteiger partial charge on any atom is -0.493 e. The zero-order valence-electron chi connectivity index (χ0n) is 13.2. The van der Waals surface area contributed by atoms with Gasteiger partial charge >= 0.3 is 0 Å². The summed E-state index contributed by atoms with van der Waals surface area (Å²) in [6.07, 6.45) is 6.81. The van der Waals surface area contributed by atoms with Gasteiger partial charge in [-0.25, -0.2) is 4.98 Å². The summed E-state index contributed by atoms with van der Waals surface area (Å²) in [4.78, 5) is 4.09. The van der Waals surface area contributed by atoms with Crippen LogP contribution in [-0.4, -0.2) is 18.2 Å². The second kappa shape index (κ2) is 7.55. The minimum atomic E-state index is 0.305. The number of benzene rings is 1. The van der Waals surface area contributed by atoms with Crippen LogP contribution in [0.15, 0.2) is 36.5 Å². The fourth-order valence-corrected chi connectivity index (χ4v) is 2.89. The highest BCUT2D eigenvalue weighted by Gasteiger charge is 2.18. The number of pyridine rings is 1. The Morgan fingerprint density at radius 2 is 2.00 bits per heavy atom. The molecule has 1 saturated carbocycles. The lowest BCUT2D eigenvalue weighted by Gasteiger charge is -2.17. The van der Waals surface area contributed by atoms with E-state index in [2.05, 4.69) is 10.3 Å². The SMILES string of the molecule is COc1ccc(NCc2ccc(Cl)nc2)cc1OC1CCCC1. The van der Waals surface area contributed by atoms with Gasteiger partial charge in [-0.1, -0.05) is 17.7 Å². The van der Waals surface area contributed by atoms with Crippen LogP contribution in [0.3, 0.4) is 0 Å². The van der Waals surface area contributed by atoms with Crippen LogP contribution in [0.4, 0.5) is 5.69 Å². The Kier molecular flexibility index (Phi) is 5.23.